The highest BCUT2D eigenvalue weighted by Crippen LogP contribution is 2.29. The van der Waals surface area contributed by atoms with Gasteiger partial charge in [0.2, 0.25) is 5.82 Å². The average Bonchev–Trinajstić information content (AvgIpc) is 3.36. The van der Waals surface area contributed by atoms with Gasteiger partial charge in [-0.15, -0.1) is 5.10 Å². The molecule has 3 heterocycles. The molecule has 1 aromatic carbocycles. The highest BCUT2D eigenvalue weighted by atomic mass is 32.1. The van der Waals surface area contributed by atoms with E-state index in [0.29, 0.717) is 21.5 Å². The van der Waals surface area contributed by atoms with Gasteiger partial charge in [0.05, 0.1) is 18.8 Å². The summed E-state index contributed by atoms with van der Waals surface area (Å²) >= 11 is 1.11. The SMILES string of the molecule is CCOC(=O)c1sc(N(Cc2ccccc2)C(=O)c2nc3nc(C)cc(C)n3n2)nc1C. The third-order valence-electron chi connectivity index (χ3n) is 4.72. The van der Waals surface area contributed by atoms with Gasteiger partial charge in [-0.2, -0.15) is 4.98 Å². The van der Waals surface area contributed by atoms with Crippen molar-refractivity contribution in [3.8, 4) is 0 Å². The fraction of sp³-hybridized carbons (Fsp3) is 0.273. The summed E-state index contributed by atoms with van der Waals surface area (Å²) in [5.74, 6) is -0.525. The molecule has 0 spiro atoms. The van der Waals surface area contributed by atoms with E-state index in [1.807, 2.05) is 50.2 Å². The lowest BCUT2D eigenvalue weighted by Crippen LogP contribution is -2.31. The third kappa shape index (κ3) is 4.22. The number of benzene rings is 1. The maximum Gasteiger partial charge on any atom is 0.350 e. The second kappa shape index (κ2) is 8.83. The molecule has 1 amide bonds. The summed E-state index contributed by atoms with van der Waals surface area (Å²) in [5, 5.41) is 4.75. The summed E-state index contributed by atoms with van der Waals surface area (Å²) < 4.78 is 6.66. The molecule has 4 rings (SSSR count). The van der Waals surface area contributed by atoms with Gasteiger partial charge in [-0.1, -0.05) is 41.7 Å². The predicted octanol–water partition coefficient (Wildman–Crippen LogP) is 3.53. The first-order chi connectivity index (χ1) is 15.4. The van der Waals surface area contributed by atoms with Crippen LogP contribution in [-0.4, -0.2) is 43.0 Å². The Hall–Kier alpha value is -3.66. The van der Waals surface area contributed by atoms with Gasteiger partial charge < -0.3 is 4.74 Å². The zero-order chi connectivity index (χ0) is 22.8. The molecule has 0 atom stereocenters. The van der Waals surface area contributed by atoms with Gasteiger partial charge in [-0.3, -0.25) is 9.69 Å². The van der Waals surface area contributed by atoms with Crippen molar-refractivity contribution in [1.82, 2.24) is 24.6 Å². The topological polar surface area (TPSA) is 103 Å². The van der Waals surface area contributed by atoms with Gasteiger partial charge in [0.15, 0.2) is 5.13 Å². The molecule has 10 heteroatoms. The minimum Gasteiger partial charge on any atom is -0.462 e. The Balaban J connectivity index is 1.76. The molecule has 164 valence electrons. The summed E-state index contributed by atoms with van der Waals surface area (Å²) in [7, 11) is 0. The van der Waals surface area contributed by atoms with Crippen molar-refractivity contribution < 1.29 is 14.3 Å². The maximum absolute atomic E-state index is 13.5. The van der Waals surface area contributed by atoms with Crippen molar-refractivity contribution in [1.29, 1.82) is 0 Å². The largest absolute Gasteiger partial charge is 0.462 e. The van der Waals surface area contributed by atoms with Gasteiger partial charge >= 0.3 is 5.97 Å². The molecule has 9 nitrogen and oxygen atoms in total. The summed E-state index contributed by atoms with van der Waals surface area (Å²) in [6.45, 7) is 7.71. The number of rotatable bonds is 6. The number of amides is 1. The van der Waals surface area contributed by atoms with Gasteiger partial charge in [0.25, 0.3) is 11.7 Å². The normalized spacial score (nSPS) is 11.0. The van der Waals surface area contributed by atoms with Crippen LogP contribution in [0.5, 0.6) is 0 Å². The number of carbonyl (C=O) groups is 2. The molecule has 0 saturated heterocycles. The minimum atomic E-state index is -0.456. The van der Waals surface area contributed by atoms with Crippen LogP contribution in [-0.2, 0) is 11.3 Å². The number of anilines is 1. The molecule has 4 aromatic rings. The van der Waals surface area contributed by atoms with Crippen molar-refractivity contribution in [2.24, 2.45) is 0 Å². The number of nitrogens with zero attached hydrogens (tertiary/aromatic N) is 6. The molecule has 0 fully saturated rings. The van der Waals surface area contributed by atoms with Crippen LogP contribution in [0.25, 0.3) is 5.78 Å². The molecule has 0 unspecified atom stereocenters. The number of esters is 1. The second-order valence-corrected chi connectivity index (χ2v) is 8.17. The molecule has 3 aromatic heterocycles. The molecule has 32 heavy (non-hydrogen) atoms. The smallest absolute Gasteiger partial charge is 0.350 e. The van der Waals surface area contributed by atoms with Crippen LogP contribution in [0.1, 0.15) is 49.9 Å². The molecule has 0 aliphatic rings. The van der Waals surface area contributed by atoms with Crippen LogP contribution in [0.3, 0.4) is 0 Å². The standard InChI is InChI=1S/C22H22N6O3S/c1-5-31-20(30)17-15(4)24-22(32-17)27(12-16-9-7-6-8-10-16)19(29)18-25-21-23-13(2)11-14(3)28(21)26-18/h6-11H,5,12H2,1-4H3. The van der Waals surface area contributed by atoms with Gasteiger partial charge in [0.1, 0.15) is 4.88 Å². The van der Waals surface area contributed by atoms with E-state index in [2.05, 4.69) is 20.1 Å². The Labute approximate surface area is 188 Å². The number of aromatic nitrogens is 5. The number of hydrogen-bond donors (Lipinski definition) is 0. The lowest BCUT2D eigenvalue weighted by Gasteiger charge is -2.18. The monoisotopic (exact) mass is 450 g/mol. The lowest BCUT2D eigenvalue weighted by molar-refractivity contribution is 0.0531. The van der Waals surface area contributed by atoms with E-state index < -0.39 is 11.9 Å². The van der Waals surface area contributed by atoms with E-state index in [1.54, 1.807) is 13.8 Å². The van der Waals surface area contributed by atoms with Crippen LogP contribution in [0.2, 0.25) is 0 Å². The quantitative estimate of drug-likeness (QED) is 0.414. The molecule has 0 N–H and O–H groups in total. The number of carbonyl (C=O) groups excluding carboxylic acids is 2. The van der Waals surface area contributed by atoms with E-state index in [-0.39, 0.29) is 19.0 Å². The molecular formula is C22H22N6O3S. The zero-order valence-electron chi connectivity index (χ0n) is 18.2. The highest BCUT2D eigenvalue weighted by molar-refractivity contribution is 7.17. The molecule has 0 bridgehead atoms. The Morgan fingerprint density at radius 2 is 1.84 bits per heavy atom. The second-order valence-electron chi connectivity index (χ2n) is 7.19. The van der Waals surface area contributed by atoms with E-state index >= 15 is 0 Å². The Kier molecular flexibility index (Phi) is 5.95. The minimum absolute atomic E-state index is 0.00710. The van der Waals surface area contributed by atoms with Crippen molar-refractivity contribution in [3.63, 3.8) is 0 Å². The first-order valence-electron chi connectivity index (χ1n) is 10.1. The fourth-order valence-corrected chi connectivity index (χ4v) is 4.21. The number of thiazole rings is 1. The van der Waals surface area contributed by atoms with E-state index in [4.69, 9.17) is 4.74 Å². The predicted molar refractivity (Wildman–Crippen MR) is 120 cm³/mol. The highest BCUT2D eigenvalue weighted by Gasteiger charge is 2.28. The lowest BCUT2D eigenvalue weighted by atomic mass is 10.2. The summed E-state index contributed by atoms with van der Waals surface area (Å²) in [6.07, 6.45) is 0. The Bertz CT molecular complexity index is 1300. The Morgan fingerprint density at radius 1 is 1.09 bits per heavy atom. The number of aryl methyl sites for hydroxylation is 3. The van der Waals surface area contributed by atoms with Crippen molar-refractivity contribution >= 4 is 34.1 Å². The molecule has 0 radical (unpaired) electrons. The van der Waals surface area contributed by atoms with Crippen molar-refractivity contribution in [3.05, 3.63) is 69.7 Å². The number of fused-ring (bicyclic) bond motifs is 1. The summed E-state index contributed by atoms with van der Waals surface area (Å²) in [4.78, 5) is 40.9. The third-order valence-corrected chi connectivity index (χ3v) is 5.88. The summed E-state index contributed by atoms with van der Waals surface area (Å²) in [6, 6.07) is 11.4. The molecule has 0 saturated carbocycles. The number of ether oxygens (including phenoxy) is 1. The first kappa shape index (κ1) is 21.6. The first-order valence-corrected chi connectivity index (χ1v) is 10.9. The average molecular weight is 451 g/mol. The van der Waals surface area contributed by atoms with E-state index in [0.717, 1.165) is 28.3 Å². The summed E-state index contributed by atoms with van der Waals surface area (Å²) in [5.41, 5.74) is 3.02. The molecule has 0 aliphatic heterocycles. The van der Waals surface area contributed by atoms with Crippen LogP contribution in [0, 0.1) is 20.8 Å². The zero-order valence-corrected chi connectivity index (χ0v) is 19.0. The van der Waals surface area contributed by atoms with Gasteiger partial charge in [0, 0.05) is 11.4 Å². The van der Waals surface area contributed by atoms with Crippen molar-refractivity contribution in [2.45, 2.75) is 34.2 Å². The van der Waals surface area contributed by atoms with Crippen LogP contribution >= 0.6 is 11.3 Å². The Morgan fingerprint density at radius 3 is 2.56 bits per heavy atom. The number of hydrogen-bond acceptors (Lipinski definition) is 8. The van der Waals surface area contributed by atoms with Crippen LogP contribution in [0.4, 0.5) is 5.13 Å². The molecule has 0 aliphatic carbocycles. The van der Waals surface area contributed by atoms with Crippen LogP contribution in [0.15, 0.2) is 36.4 Å². The van der Waals surface area contributed by atoms with E-state index in [9.17, 15) is 9.59 Å². The van der Waals surface area contributed by atoms with Gasteiger partial charge in [-0.05, 0) is 39.3 Å². The maximum atomic E-state index is 13.5. The fourth-order valence-electron chi connectivity index (χ4n) is 3.25. The van der Waals surface area contributed by atoms with E-state index in [1.165, 1.54) is 9.42 Å². The van der Waals surface area contributed by atoms with Gasteiger partial charge in [-0.25, -0.2) is 19.3 Å². The van der Waals surface area contributed by atoms with Crippen molar-refractivity contribution in [2.75, 3.05) is 11.5 Å². The molecular weight excluding hydrogens is 428 g/mol. The van der Waals surface area contributed by atoms with Crippen LogP contribution < -0.4 is 4.90 Å².